The monoisotopic (exact) mass is 246 g/mol. The van der Waals surface area contributed by atoms with Gasteiger partial charge in [0.05, 0.1) is 39.9 Å². The number of nitrogens with zero attached hydrogens (tertiary/aromatic N) is 1. The summed E-state index contributed by atoms with van der Waals surface area (Å²) in [6, 6.07) is 3.79. The van der Waals surface area contributed by atoms with Crippen LogP contribution in [0, 0.1) is 0 Å². The van der Waals surface area contributed by atoms with Crippen molar-refractivity contribution in [2.75, 3.05) is 11.9 Å². The minimum absolute atomic E-state index is 0.116. The molecule has 0 fully saturated rings. The van der Waals surface area contributed by atoms with Crippen molar-refractivity contribution in [2.24, 2.45) is 0 Å². The first-order valence-corrected chi connectivity index (χ1v) is 6.19. The zero-order valence-electron chi connectivity index (χ0n) is 9.19. The average molecular weight is 246 g/mol. The van der Waals surface area contributed by atoms with Crippen LogP contribution in [-0.2, 0) is 9.53 Å². The van der Waals surface area contributed by atoms with E-state index in [9.17, 15) is 4.79 Å². The molecule has 0 spiro atoms. The number of aromatic nitrogens is 1. The van der Waals surface area contributed by atoms with Gasteiger partial charge in [0.2, 0.25) is 0 Å². The third kappa shape index (κ3) is 1.51. The lowest BCUT2D eigenvalue weighted by Gasteiger charge is -2.00. The maximum atomic E-state index is 11.8. The predicted molar refractivity (Wildman–Crippen MR) is 67.9 cm³/mol. The van der Waals surface area contributed by atoms with Crippen molar-refractivity contribution >= 4 is 38.7 Å². The number of ether oxygens (including phenoxy) is 1. The summed E-state index contributed by atoms with van der Waals surface area (Å²) in [6.07, 6.45) is 1.53. The summed E-state index contributed by atoms with van der Waals surface area (Å²) < 4.78 is 6.25. The number of anilines is 1. The van der Waals surface area contributed by atoms with Crippen molar-refractivity contribution in [1.29, 1.82) is 0 Å². The fourth-order valence-corrected chi connectivity index (χ4v) is 2.73. The Morgan fingerprint density at radius 1 is 1.53 bits per heavy atom. The van der Waals surface area contributed by atoms with Crippen LogP contribution in [0.3, 0.4) is 0 Å². The van der Waals surface area contributed by atoms with Gasteiger partial charge in [0.15, 0.2) is 0 Å². The van der Waals surface area contributed by atoms with E-state index in [1.807, 2.05) is 19.1 Å². The molecule has 17 heavy (non-hydrogen) atoms. The van der Waals surface area contributed by atoms with Crippen molar-refractivity contribution in [3.8, 4) is 0 Å². The fraction of sp³-hybridized carbons (Fsp3) is 0.167. The molecule has 0 radical (unpaired) electrons. The Morgan fingerprint density at radius 2 is 2.41 bits per heavy atom. The van der Waals surface area contributed by atoms with Crippen LogP contribution in [0.5, 0.6) is 0 Å². The number of fused-ring (bicyclic) bond motifs is 3. The van der Waals surface area contributed by atoms with Crippen LogP contribution >= 0.6 is 11.3 Å². The first kappa shape index (κ1) is 10.3. The molecule has 0 unspecified atom stereocenters. The van der Waals surface area contributed by atoms with E-state index in [1.165, 1.54) is 17.6 Å². The molecule has 0 bridgehead atoms. The van der Waals surface area contributed by atoms with Gasteiger partial charge in [-0.1, -0.05) is 0 Å². The van der Waals surface area contributed by atoms with Gasteiger partial charge in [-0.25, -0.2) is 4.98 Å². The molecule has 86 valence electrons. The molecule has 0 saturated carbocycles. The molecule has 1 aromatic heterocycles. The minimum Gasteiger partial charge on any atom is -0.501 e. The predicted octanol–water partition coefficient (Wildman–Crippen LogP) is 2.63. The number of hydrogen-bond donors (Lipinski definition) is 1. The van der Waals surface area contributed by atoms with Gasteiger partial charge in [-0.3, -0.25) is 4.79 Å². The van der Waals surface area contributed by atoms with E-state index >= 15 is 0 Å². The number of carbonyl (C=O) groups is 1. The maximum Gasteiger partial charge on any atom is 0.259 e. The summed E-state index contributed by atoms with van der Waals surface area (Å²) in [7, 11) is 0. The van der Waals surface area contributed by atoms with Crippen molar-refractivity contribution in [3.05, 3.63) is 29.5 Å². The van der Waals surface area contributed by atoms with E-state index < -0.39 is 0 Å². The van der Waals surface area contributed by atoms with Gasteiger partial charge in [0.25, 0.3) is 5.91 Å². The van der Waals surface area contributed by atoms with Crippen LogP contribution in [0.4, 0.5) is 5.69 Å². The van der Waals surface area contributed by atoms with E-state index in [1.54, 1.807) is 5.51 Å². The molecule has 0 aliphatic carbocycles. The number of rotatable bonds is 2. The maximum absolute atomic E-state index is 11.8. The van der Waals surface area contributed by atoms with Gasteiger partial charge in [-0.15, -0.1) is 11.3 Å². The molecule has 1 aliphatic heterocycles. The molecule has 1 aliphatic rings. The Labute approximate surface area is 102 Å². The molecule has 2 aromatic rings. The SMILES string of the molecule is CCO/C=C1/C(=O)Nc2ccc3ncsc3c21. The molecule has 3 rings (SSSR count). The van der Waals surface area contributed by atoms with Gasteiger partial charge >= 0.3 is 0 Å². The zero-order chi connectivity index (χ0) is 11.8. The Morgan fingerprint density at radius 3 is 3.24 bits per heavy atom. The Bertz CT molecular complexity index is 630. The van der Waals surface area contributed by atoms with E-state index in [2.05, 4.69) is 10.3 Å². The topological polar surface area (TPSA) is 51.2 Å². The highest BCUT2D eigenvalue weighted by Gasteiger charge is 2.27. The second-order valence-electron chi connectivity index (χ2n) is 3.63. The summed E-state index contributed by atoms with van der Waals surface area (Å²) in [5, 5.41) is 2.83. The van der Waals surface area contributed by atoms with Crippen LogP contribution in [0.1, 0.15) is 12.5 Å². The lowest BCUT2D eigenvalue weighted by atomic mass is 10.1. The van der Waals surface area contributed by atoms with Crippen LogP contribution in [0.15, 0.2) is 23.9 Å². The molecule has 1 N–H and O–H groups in total. The number of hydrogen-bond acceptors (Lipinski definition) is 4. The molecule has 0 saturated heterocycles. The van der Waals surface area contributed by atoms with E-state index in [0.29, 0.717) is 12.2 Å². The lowest BCUT2D eigenvalue weighted by molar-refractivity contribution is -0.110. The molecule has 0 atom stereocenters. The van der Waals surface area contributed by atoms with Gasteiger partial charge in [0.1, 0.15) is 0 Å². The van der Waals surface area contributed by atoms with E-state index in [-0.39, 0.29) is 5.91 Å². The molecule has 1 aromatic carbocycles. The normalized spacial score (nSPS) is 16.3. The summed E-state index contributed by atoms with van der Waals surface area (Å²) in [4.78, 5) is 16.1. The zero-order valence-corrected chi connectivity index (χ0v) is 10.0. The van der Waals surface area contributed by atoms with Crippen LogP contribution in [0.2, 0.25) is 0 Å². The number of benzene rings is 1. The van der Waals surface area contributed by atoms with Crippen LogP contribution in [0.25, 0.3) is 15.8 Å². The summed E-state index contributed by atoms with van der Waals surface area (Å²) in [6.45, 7) is 2.43. The van der Waals surface area contributed by atoms with Gasteiger partial charge < -0.3 is 10.1 Å². The molecule has 2 heterocycles. The Hall–Kier alpha value is -1.88. The molecular formula is C12H10N2O2S. The quantitative estimate of drug-likeness (QED) is 0.654. The van der Waals surface area contributed by atoms with Crippen LogP contribution in [-0.4, -0.2) is 17.5 Å². The molecule has 4 nitrogen and oxygen atoms in total. The smallest absolute Gasteiger partial charge is 0.259 e. The Balaban J connectivity index is 2.24. The highest BCUT2D eigenvalue weighted by Crippen LogP contribution is 2.39. The average Bonchev–Trinajstić information content (AvgIpc) is 2.89. The first-order chi connectivity index (χ1) is 8.31. The summed E-state index contributed by atoms with van der Waals surface area (Å²) in [5.41, 5.74) is 5.01. The van der Waals surface area contributed by atoms with Gasteiger partial charge in [0, 0.05) is 5.56 Å². The van der Waals surface area contributed by atoms with Crippen molar-refractivity contribution in [3.63, 3.8) is 0 Å². The second-order valence-corrected chi connectivity index (χ2v) is 4.48. The molecular weight excluding hydrogens is 236 g/mol. The van der Waals surface area contributed by atoms with Gasteiger partial charge in [-0.2, -0.15) is 0 Å². The van der Waals surface area contributed by atoms with Crippen molar-refractivity contribution < 1.29 is 9.53 Å². The standard InChI is InChI=1S/C12H10N2O2S/c1-2-16-5-7-10-8(14-12(7)15)3-4-9-11(10)17-6-13-9/h3-6H,2H2,1H3,(H,14,15)/b7-5+. The van der Waals surface area contributed by atoms with E-state index in [4.69, 9.17) is 4.74 Å². The van der Waals surface area contributed by atoms with E-state index in [0.717, 1.165) is 21.5 Å². The van der Waals surface area contributed by atoms with Crippen molar-refractivity contribution in [2.45, 2.75) is 6.92 Å². The van der Waals surface area contributed by atoms with Crippen molar-refractivity contribution in [1.82, 2.24) is 4.98 Å². The lowest BCUT2D eigenvalue weighted by Crippen LogP contribution is -2.04. The highest BCUT2D eigenvalue weighted by atomic mass is 32.1. The highest BCUT2D eigenvalue weighted by molar-refractivity contribution is 7.17. The second kappa shape index (κ2) is 3.85. The van der Waals surface area contributed by atoms with Gasteiger partial charge in [-0.05, 0) is 19.1 Å². The third-order valence-electron chi connectivity index (χ3n) is 2.63. The number of carbonyl (C=O) groups excluding carboxylic acids is 1. The summed E-state index contributed by atoms with van der Waals surface area (Å²) >= 11 is 1.53. The molecule has 1 amide bonds. The number of nitrogens with one attached hydrogen (secondary N) is 1. The van der Waals surface area contributed by atoms with Crippen LogP contribution < -0.4 is 5.32 Å². The Kier molecular flexibility index (Phi) is 2.33. The minimum atomic E-state index is -0.116. The third-order valence-corrected chi connectivity index (χ3v) is 3.49. The number of amides is 1. The molecule has 5 heteroatoms. The fourth-order valence-electron chi connectivity index (χ4n) is 1.88. The number of thiazole rings is 1. The largest absolute Gasteiger partial charge is 0.501 e. The summed E-state index contributed by atoms with van der Waals surface area (Å²) in [5.74, 6) is -0.116. The first-order valence-electron chi connectivity index (χ1n) is 5.31.